The van der Waals surface area contributed by atoms with Crippen molar-refractivity contribution >= 4 is 23.2 Å². The lowest BCUT2D eigenvalue weighted by Gasteiger charge is -2.33. The molecule has 0 radical (unpaired) electrons. The third-order valence-corrected chi connectivity index (χ3v) is 5.85. The van der Waals surface area contributed by atoms with Gasteiger partial charge in [-0.25, -0.2) is 0 Å². The summed E-state index contributed by atoms with van der Waals surface area (Å²) >= 11 is 5.25. The molecule has 0 aromatic heterocycles. The van der Waals surface area contributed by atoms with E-state index in [0.29, 0.717) is 6.42 Å². The second-order valence-electron chi connectivity index (χ2n) is 7.14. The van der Waals surface area contributed by atoms with Crippen LogP contribution in [0.1, 0.15) is 23.1 Å². The molecule has 158 valence electrons. The molecule has 0 aliphatic rings. The molecule has 0 saturated heterocycles. The van der Waals surface area contributed by atoms with E-state index < -0.39 is 17.3 Å². The van der Waals surface area contributed by atoms with Crippen LogP contribution in [0.5, 0.6) is 0 Å². The maximum absolute atomic E-state index is 12.3. The molecule has 3 rings (SSSR count). The maximum atomic E-state index is 12.3. The van der Waals surface area contributed by atoms with Gasteiger partial charge in [0.2, 0.25) is 0 Å². The van der Waals surface area contributed by atoms with Gasteiger partial charge in [-0.15, -0.1) is 0 Å². The standard InChI is InChI=1S/C27H26O3S/c1-29-25(28)24(26(31)30-2)19-12-20-27(21-13-6-3-7-14-21,22-15-8-4-9-16-22)23-17-10-5-11-18-23/h3-18,20,24H,19H2,1-2H3/b20-12-. The first-order valence-electron chi connectivity index (χ1n) is 10.1. The summed E-state index contributed by atoms with van der Waals surface area (Å²) in [5, 5.41) is 0.223. The molecule has 0 amide bonds. The van der Waals surface area contributed by atoms with Gasteiger partial charge in [-0.1, -0.05) is 103 Å². The molecule has 0 spiro atoms. The second-order valence-corrected chi connectivity index (χ2v) is 7.55. The smallest absolute Gasteiger partial charge is 0.317 e. The first-order chi connectivity index (χ1) is 15.1. The van der Waals surface area contributed by atoms with E-state index in [-0.39, 0.29) is 5.05 Å². The zero-order chi connectivity index (χ0) is 22.1. The van der Waals surface area contributed by atoms with Crippen LogP contribution in [0.2, 0.25) is 0 Å². The first kappa shape index (κ1) is 22.4. The van der Waals surface area contributed by atoms with Gasteiger partial charge < -0.3 is 9.47 Å². The number of benzene rings is 3. The summed E-state index contributed by atoms with van der Waals surface area (Å²) in [6.07, 6.45) is 4.54. The van der Waals surface area contributed by atoms with Crippen molar-refractivity contribution in [2.45, 2.75) is 11.8 Å². The van der Waals surface area contributed by atoms with Gasteiger partial charge in [0.05, 0.1) is 19.6 Å². The van der Waals surface area contributed by atoms with Crippen molar-refractivity contribution < 1.29 is 14.3 Å². The molecule has 0 saturated carbocycles. The average Bonchev–Trinajstić information content (AvgIpc) is 2.85. The third-order valence-electron chi connectivity index (χ3n) is 5.40. The van der Waals surface area contributed by atoms with Gasteiger partial charge in [0.1, 0.15) is 5.92 Å². The number of thiocarbonyl (C=S) groups is 1. The summed E-state index contributed by atoms with van der Waals surface area (Å²) in [6.45, 7) is 0. The van der Waals surface area contributed by atoms with E-state index in [1.165, 1.54) is 14.2 Å². The zero-order valence-corrected chi connectivity index (χ0v) is 18.5. The topological polar surface area (TPSA) is 35.5 Å². The van der Waals surface area contributed by atoms with Gasteiger partial charge in [0.25, 0.3) is 0 Å². The Hall–Kier alpha value is -3.24. The summed E-state index contributed by atoms with van der Waals surface area (Å²) in [6, 6.07) is 31.1. The lowest BCUT2D eigenvalue weighted by molar-refractivity contribution is -0.143. The van der Waals surface area contributed by atoms with Crippen molar-refractivity contribution in [3.8, 4) is 0 Å². The fourth-order valence-corrected chi connectivity index (χ4v) is 4.04. The largest absolute Gasteiger partial charge is 0.489 e. The molecule has 0 N–H and O–H groups in total. The Morgan fingerprint density at radius 3 is 1.58 bits per heavy atom. The van der Waals surface area contributed by atoms with Crippen LogP contribution < -0.4 is 0 Å². The number of esters is 1. The second kappa shape index (κ2) is 10.7. The Morgan fingerprint density at radius 2 is 1.23 bits per heavy atom. The Labute approximate surface area is 189 Å². The monoisotopic (exact) mass is 430 g/mol. The van der Waals surface area contributed by atoms with E-state index in [1.54, 1.807) is 0 Å². The van der Waals surface area contributed by atoms with Gasteiger partial charge in [0.15, 0.2) is 5.05 Å². The third kappa shape index (κ3) is 4.92. The van der Waals surface area contributed by atoms with Gasteiger partial charge in [-0.05, 0) is 35.3 Å². The normalized spacial score (nSPS) is 12.3. The number of methoxy groups -OCH3 is 2. The summed E-state index contributed by atoms with van der Waals surface area (Å²) in [5.74, 6) is -1.04. The SMILES string of the molecule is COC(=O)C(C/C=C\C(c1ccccc1)(c1ccccc1)c1ccccc1)C(=S)OC. The molecule has 31 heavy (non-hydrogen) atoms. The number of ether oxygens (including phenoxy) is 2. The van der Waals surface area contributed by atoms with Gasteiger partial charge in [0, 0.05) is 0 Å². The molecule has 4 heteroatoms. The van der Waals surface area contributed by atoms with Crippen molar-refractivity contribution in [1.82, 2.24) is 0 Å². The lowest BCUT2D eigenvalue weighted by atomic mass is 9.69. The number of carbonyl (C=O) groups is 1. The number of hydrogen-bond donors (Lipinski definition) is 0. The molecule has 1 unspecified atom stereocenters. The first-order valence-corrected chi connectivity index (χ1v) is 10.5. The minimum atomic E-state index is -0.638. The summed E-state index contributed by atoms with van der Waals surface area (Å²) in [5.41, 5.74) is 2.87. The Kier molecular flexibility index (Phi) is 7.74. The van der Waals surface area contributed by atoms with Crippen molar-refractivity contribution in [3.63, 3.8) is 0 Å². The van der Waals surface area contributed by atoms with E-state index >= 15 is 0 Å². The minimum Gasteiger partial charge on any atom is -0.489 e. The zero-order valence-electron chi connectivity index (χ0n) is 17.7. The highest BCUT2D eigenvalue weighted by Gasteiger charge is 2.34. The van der Waals surface area contributed by atoms with Gasteiger partial charge in [-0.2, -0.15) is 0 Å². The molecule has 0 aliphatic heterocycles. The Bertz CT molecular complexity index is 901. The van der Waals surface area contributed by atoms with Crippen molar-refractivity contribution in [3.05, 3.63) is 120 Å². The van der Waals surface area contributed by atoms with Crippen molar-refractivity contribution in [2.24, 2.45) is 5.92 Å². The molecular weight excluding hydrogens is 404 g/mol. The van der Waals surface area contributed by atoms with Gasteiger partial charge >= 0.3 is 5.97 Å². The van der Waals surface area contributed by atoms with E-state index in [9.17, 15) is 4.79 Å². The maximum Gasteiger partial charge on any atom is 0.317 e. The van der Waals surface area contributed by atoms with E-state index in [0.717, 1.165) is 16.7 Å². The summed E-state index contributed by atoms with van der Waals surface area (Å²) < 4.78 is 10.1. The highest BCUT2D eigenvalue weighted by Crippen LogP contribution is 2.40. The molecule has 0 bridgehead atoms. The van der Waals surface area contributed by atoms with Crippen LogP contribution in [-0.2, 0) is 19.7 Å². The van der Waals surface area contributed by atoms with Crippen LogP contribution in [0.4, 0.5) is 0 Å². The molecule has 0 aliphatic carbocycles. The average molecular weight is 431 g/mol. The van der Waals surface area contributed by atoms with E-state index in [1.807, 2.05) is 60.7 Å². The molecular formula is C27H26O3S. The summed E-state index contributed by atoms with van der Waals surface area (Å²) in [7, 11) is 2.84. The highest BCUT2D eigenvalue weighted by molar-refractivity contribution is 7.80. The highest BCUT2D eigenvalue weighted by atomic mass is 32.1. The van der Waals surface area contributed by atoms with Crippen LogP contribution in [0.15, 0.2) is 103 Å². The van der Waals surface area contributed by atoms with Crippen LogP contribution in [0.25, 0.3) is 0 Å². The van der Waals surface area contributed by atoms with Crippen molar-refractivity contribution in [1.29, 1.82) is 0 Å². The predicted molar refractivity (Wildman–Crippen MR) is 128 cm³/mol. The number of carbonyl (C=O) groups excluding carboxylic acids is 1. The van der Waals surface area contributed by atoms with Crippen LogP contribution in [-0.4, -0.2) is 25.2 Å². The predicted octanol–water partition coefficient (Wildman–Crippen LogP) is 5.73. The Balaban J connectivity index is 2.15. The van der Waals surface area contributed by atoms with Crippen LogP contribution in [0, 0.1) is 5.92 Å². The van der Waals surface area contributed by atoms with Crippen molar-refractivity contribution in [2.75, 3.05) is 14.2 Å². The van der Waals surface area contributed by atoms with Crippen LogP contribution in [0.3, 0.4) is 0 Å². The van der Waals surface area contributed by atoms with Gasteiger partial charge in [-0.3, -0.25) is 4.79 Å². The summed E-state index contributed by atoms with van der Waals surface area (Å²) in [4.78, 5) is 12.3. The lowest BCUT2D eigenvalue weighted by Crippen LogP contribution is -2.28. The molecule has 3 nitrogen and oxygen atoms in total. The minimum absolute atomic E-state index is 0.223. The molecule has 3 aromatic carbocycles. The molecule has 3 aromatic rings. The Morgan fingerprint density at radius 1 is 0.806 bits per heavy atom. The quantitative estimate of drug-likeness (QED) is 0.198. The van der Waals surface area contributed by atoms with E-state index in [4.69, 9.17) is 21.7 Å². The number of rotatable bonds is 8. The fraction of sp³-hybridized carbons (Fsp3) is 0.185. The fourth-order valence-electron chi connectivity index (χ4n) is 3.85. The number of allylic oxidation sites excluding steroid dienone is 2. The molecule has 1 atom stereocenters. The van der Waals surface area contributed by atoms with E-state index in [2.05, 4.69) is 42.5 Å². The van der Waals surface area contributed by atoms with Crippen LogP contribution >= 0.6 is 12.2 Å². The molecule has 0 heterocycles. The molecule has 0 fully saturated rings. The number of hydrogen-bond acceptors (Lipinski definition) is 4.